The summed E-state index contributed by atoms with van der Waals surface area (Å²) in [6, 6.07) is 7.98. The average molecular weight is 218 g/mol. The summed E-state index contributed by atoms with van der Waals surface area (Å²) in [5, 5.41) is 7.40. The highest BCUT2D eigenvalue weighted by molar-refractivity contribution is 5.39. The van der Waals surface area contributed by atoms with Crippen LogP contribution in [0.5, 0.6) is 0 Å². The molecule has 0 radical (unpaired) electrons. The maximum absolute atomic E-state index is 5.60. The Hall–Kier alpha value is -2.04. The van der Waals surface area contributed by atoms with E-state index in [2.05, 4.69) is 10.2 Å². The van der Waals surface area contributed by atoms with Crippen LogP contribution >= 0.6 is 0 Å². The minimum absolute atomic E-state index is 0.127. The first-order chi connectivity index (χ1) is 7.74. The van der Waals surface area contributed by atoms with Gasteiger partial charge in [-0.15, -0.1) is 5.10 Å². The molecule has 0 bridgehead atoms. The van der Waals surface area contributed by atoms with Gasteiger partial charge in [0.25, 0.3) is 0 Å². The number of benzene rings is 1. The minimum Gasteiger partial charge on any atom is -0.408 e. The van der Waals surface area contributed by atoms with E-state index in [1.807, 2.05) is 24.3 Å². The Morgan fingerprint density at radius 1 is 1.00 bits per heavy atom. The lowest BCUT2D eigenvalue weighted by Gasteiger charge is -2.00. The summed E-state index contributed by atoms with van der Waals surface area (Å²) in [6.07, 6.45) is 2.66. The number of nitrogen functional groups attached to an aromatic ring is 2. The zero-order valence-corrected chi connectivity index (χ0v) is 8.89. The molecule has 0 amide bonds. The maximum Gasteiger partial charge on any atom is 0.312 e. The molecule has 0 saturated carbocycles. The van der Waals surface area contributed by atoms with E-state index in [1.54, 1.807) is 0 Å². The Bertz CT molecular complexity index is 449. The summed E-state index contributed by atoms with van der Waals surface area (Å²) in [4.78, 5) is 0. The third-order valence-electron chi connectivity index (χ3n) is 2.32. The largest absolute Gasteiger partial charge is 0.408 e. The second-order valence-electron chi connectivity index (χ2n) is 3.63. The van der Waals surface area contributed by atoms with Crippen molar-refractivity contribution in [2.75, 3.05) is 11.5 Å². The Kier molecular flexibility index (Phi) is 3.05. The van der Waals surface area contributed by atoms with Gasteiger partial charge in [-0.3, -0.25) is 0 Å². The molecule has 0 saturated heterocycles. The van der Waals surface area contributed by atoms with Crippen LogP contribution in [0.3, 0.4) is 0 Å². The topological polar surface area (TPSA) is 91.0 Å². The van der Waals surface area contributed by atoms with Crippen LogP contribution in [0, 0.1) is 0 Å². The molecule has 0 spiro atoms. The Labute approximate surface area is 93.5 Å². The van der Waals surface area contributed by atoms with Crippen LogP contribution in [0.2, 0.25) is 0 Å². The molecule has 2 aromatic rings. The molecule has 0 fully saturated rings. The predicted octanol–water partition coefficient (Wildman–Crippen LogP) is 1.41. The molecule has 5 heteroatoms. The molecule has 0 aliphatic rings. The van der Waals surface area contributed by atoms with Gasteiger partial charge < -0.3 is 15.9 Å². The van der Waals surface area contributed by atoms with Crippen molar-refractivity contribution in [3.63, 3.8) is 0 Å². The van der Waals surface area contributed by atoms with Crippen molar-refractivity contribution in [3.8, 4) is 0 Å². The molecule has 0 aliphatic carbocycles. The average Bonchev–Trinajstić information content (AvgIpc) is 2.67. The fourth-order valence-electron chi connectivity index (χ4n) is 1.50. The van der Waals surface area contributed by atoms with Gasteiger partial charge in [-0.25, -0.2) is 0 Å². The van der Waals surface area contributed by atoms with E-state index >= 15 is 0 Å². The van der Waals surface area contributed by atoms with Gasteiger partial charge in [-0.2, -0.15) is 0 Å². The van der Waals surface area contributed by atoms with Crippen molar-refractivity contribution in [2.45, 2.75) is 19.3 Å². The summed E-state index contributed by atoms with van der Waals surface area (Å²) >= 11 is 0. The van der Waals surface area contributed by atoms with Gasteiger partial charge in [0, 0.05) is 12.1 Å². The Balaban J connectivity index is 1.82. The summed E-state index contributed by atoms with van der Waals surface area (Å²) < 4.78 is 5.08. The SMILES string of the molecule is Nc1ccc(CCCc2nnc(N)o2)cc1. The first kappa shape index (κ1) is 10.5. The molecule has 1 aromatic heterocycles. The smallest absolute Gasteiger partial charge is 0.312 e. The number of hydrogen-bond acceptors (Lipinski definition) is 5. The molecule has 1 heterocycles. The fourth-order valence-corrected chi connectivity index (χ4v) is 1.50. The van der Waals surface area contributed by atoms with E-state index in [0.29, 0.717) is 5.89 Å². The number of nitrogens with zero attached hydrogens (tertiary/aromatic N) is 2. The quantitative estimate of drug-likeness (QED) is 0.757. The molecule has 84 valence electrons. The van der Waals surface area contributed by atoms with Crippen molar-refractivity contribution >= 4 is 11.7 Å². The number of nitrogens with two attached hydrogens (primary N) is 2. The number of aromatic nitrogens is 2. The Morgan fingerprint density at radius 2 is 1.75 bits per heavy atom. The number of hydrogen-bond donors (Lipinski definition) is 2. The van der Waals surface area contributed by atoms with Crippen LogP contribution in [-0.2, 0) is 12.8 Å². The van der Waals surface area contributed by atoms with E-state index in [0.717, 1.165) is 24.9 Å². The van der Waals surface area contributed by atoms with Crippen molar-refractivity contribution in [3.05, 3.63) is 35.7 Å². The molecule has 5 nitrogen and oxygen atoms in total. The molecule has 1 aromatic carbocycles. The second kappa shape index (κ2) is 4.65. The van der Waals surface area contributed by atoms with Gasteiger partial charge in [0.05, 0.1) is 0 Å². The molecule has 0 unspecified atom stereocenters. The molecular formula is C11H14N4O. The van der Waals surface area contributed by atoms with Crippen molar-refractivity contribution < 1.29 is 4.42 Å². The molecule has 4 N–H and O–H groups in total. The summed E-state index contributed by atoms with van der Waals surface area (Å²) in [5.74, 6) is 0.591. The van der Waals surface area contributed by atoms with Crippen LogP contribution in [0.25, 0.3) is 0 Å². The Morgan fingerprint density at radius 3 is 2.38 bits per heavy atom. The first-order valence-corrected chi connectivity index (χ1v) is 5.16. The van der Waals surface area contributed by atoms with Gasteiger partial charge in [0.2, 0.25) is 5.89 Å². The molecular weight excluding hydrogens is 204 g/mol. The van der Waals surface area contributed by atoms with Crippen LogP contribution in [0.15, 0.2) is 28.7 Å². The van der Waals surface area contributed by atoms with Crippen LogP contribution < -0.4 is 11.5 Å². The van der Waals surface area contributed by atoms with Crippen molar-refractivity contribution in [1.29, 1.82) is 0 Å². The monoisotopic (exact) mass is 218 g/mol. The van der Waals surface area contributed by atoms with Gasteiger partial charge >= 0.3 is 6.01 Å². The minimum atomic E-state index is 0.127. The van der Waals surface area contributed by atoms with Crippen LogP contribution in [0.1, 0.15) is 17.9 Å². The van der Waals surface area contributed by atoms with Crippen molar-refractivity contribution in [1.82, 2.24) is 10.2 Å². The second-order valence-corrected chi connectivity index (χ2v) is 3.63. The van der Waals surface area contributed by atoms with E-state index < -0.39 is 0 Å². The fraction of sp³-hybridized carbons (Fsp3) is 0.273. The highest BCUT2D eigenvalue weighted by Crippen LogP contribution is 2.10. The van der Waals surface area contributed by atoms with E-state index in [9.17, 15) is 0 Å². The van der Waals surface area contributed by atoms with Crippen molar-refractivity contribution in [2.24, 2.45) is 0 Å². The highest BCUT2D eigenvalue weighted by Gasteiger charge is 2.02. The zero-order valence-electron chi connectivity index (χ0n) is 8.89. The summed E-state index contributed by atoms with van der Waals surface area (Å²) in [5.41, 5.74) is 13.0. The van der Waals surface area contributed by atoms with E-state index in [4.69, 9.17) is 15.9 Å². The molecule has 0 aliphatic heterocycles. The van der Waals surface area contributed by atoms with E-state index in [-0.39, 0.29) is 6.01 Å². The van der Waals surface area contributed by atoms with Gasteiger partial charge in [0.15, 0.2) is 0 Å². The number of aryl methyl sites for hydroxylation is 2. The number of anilines is 2. The highest BCUT2D eigenvalue weighted by atomic mass is 16.4. The van der Waals surface area contributed by atoms with Crippen LogP contribution in [-0.4, -0.2) is 10.2 Å². The summed E-state index contributed by atoms with van der Waals surface area (Å²) in [7, 11) is 0. The lowest BCUT2D eigenvalue weighted by Crippen LogP contribution is -1.91. The predicted molar refractivity (Wildman–Crippen MR) is 61.6 cm³/mol. The molecule has 2 rings (SSSR count). The summed E-state index contributed by atoms with van der Waals surface area (Å²) in [6.45, 7) is 0. The first-order valence-electron chi connectivity index (χ1n) is 5.16. The third kappa shape index (κ3) is 2.73. The third-order valence-corrected chi connectivity index (χ3v) is 2.32. The zero-order chi connectivity index (χ0) is 11.4. The van der Waals surface area contributed by atoms with Gasteiger partial charge in [0.1, 0.15) is 0 Å². The molecule has 16 heavy (non-hydrogen) atoms. The normalized spacial score (nSPS) is 10.5. The lowest BCUT2D eigenvalue weighted by molar-refractivity contribution is 0.501. The maximum atomic E-state index is 5.60. The standard InChI is InChI=1S/C11H14N4O/c12-9-6-4-8(5-7-9)2-1-3-10-14-15-11(13)16-10/h4-7H,1-3,12H2,(H2,13,15). The lowest BCUT2D eigenvalue weighted by atomic mass is 10.1. The van der Waals surface area contributed by atoms with Crippen LogP contribution in [0.4, 0.5) is 11.7 Å². The molecule has 0 atom stereocenters. The number of rotatable bonds is 4. The van der Waals surface area contributed by atoms with Gasteiger partial charge in [-0.1, -0.05) is 17.2 Å². The van der Waals surface area contributed by atoms with Gasteiger partial charge in [-0.05, 0) is 30.5 Å². The van der Waals surface area contributed by atoms with E-state index in [1.165, 1.54) is 5.56 Å².